The summed E-state index contributed by atoms with van der Waals surface area (Å²) in [6, 6.07) is 0. The van der Waals surface area contributed by atoms with Gasteiger partial charge in [-0.2, -0.15) is 0 Å². The molecule has 0 spiro atoms. The Labute approximate surface area is 175 Å². The molecule has 160 valence electrons. The molecule has 0 N–H and O–H groups in total. The third kappa shape index (κ3) is 4.87. The first kappa shape index (κ1) is 21.9. The van der Waals surface area contributed by atoms with Gasteiger partial charge in [-0.3, -0.25) is 19.1 Å². The van der Waals surface area contributed by atoms with E-state index >= 15 is 0 Å². The number of carbonyl (C=O) groups excluding carboxylic acids is 1. The first-order chi connectivity index (χ1) is 14.0. The van der Waals surface area contributed by atoms with Crippen molar-refractivity contribution in [1.29, 1.82) is 0 Å². The predicted octanol–water partition coefficient (Wildman–Crippen LogP) is 2.76. The second kappa shape index (κ2) is 9.82. The molecule has 2 heterocycles. The lowest BCUT2D eigenvalue weighted by Gasteiger charge is -2.21. The number of esters is 1. The average molecular weight is 422 g/mol. The number of nitrogens with zero attached hydrogens (tertiary/aromatic N) is 3. The second-order valence-electron chi connectivity index (χ2n) is 7.53. The van der Waals surface area contributed by atoms with Crippen LogP contribution < -0.4 is 5.56 Å². The van der Waals surface area contributed by atoms with Crippen LogP contribution in [0.2, 0.25) is 0 Å². The van der Waals surface area contributed by atoms with Gasteiger partial charge in [-0.25, -0.2) is 4.98 Å². The molecular weight excluding hydrogens is 390 g/mol. The van der Waals surface area contributed by atoms with Gasteiger partial charge in [0, 0.05) is 12.0 Å². The number of methoxy groups -OCH3 is 1. The fraction of sp³-hybridized carbons (Fsp3) is 0.667. The summed E-state index contributed by atoms with van der Waals surface area (Å²) in [4.78, 5) is 35.1. The van der Waals surface area contributed by atoms with Crippen LogP contribution in [0.5, 0.6) is 0 Å². The summed E-state index contributed by atoms with van der Waals surface area (Å²) in [6.45, 7) is 8.35. The molecule has 1 atom stereocenters. The number of hydrogen-bond acceptors (Lipinski definition) is 7. The summed E-state index contributed by atoms with van der Waals surface area (Å²) in [5.74, 6) is 0.184. The lowest BCUT2D eigenvalue weighted by atomic mass is 9.97. The Bertz CT molecular complexity index is 917. The predicted molar refractivity (Wildman–Crippen MR) is 115 cm³/mol. The van der Waals surface area contributed by atoms with Gasteiger partial charge in [0.25, 0.3) is 5.56 Å². The summed E-state index contributed by atoms with van der Waals surface area (Å²) < 4.78 is 12.0. The molecule has 0 fully saturated rings. The van der Waals surface area contributed by atoms with E-state index in [2.05, 4.69) is 18.7 Å². The molecule has 2 aromatic heterocycles. The van der Waals surface area contributed by atoms with E-state index in [0.717, 1.165) is 49.2 Å². The number of hydrogen-bond donors (Lipinski definition) is 0. The number of aryl methyl sites for hydroxylation is 2. The Kier molecular flexibility index (Phi) is 7.43. The van der Waals surface area contributed by atoms with Crippen molar-refractivity contribution in [3.8, 4) is 0 Å². The minimum atomic E-state index is -0.442. The number of rotatable bonds is 9. The highest BCUT2D eigenvalue weighted by atomic mass is 32.1. The zero-order valence-corrected chi connectivity index (χ0v) is 18.6. The van der Waals surface area contributed by atoms with E-state index in [0.29, 0.717) is 24.4 Å². The highest BCUT2D eigenvalue weighted by molar-refractivity contribution is 7.18. The quantitative estimate of drug-likeness (QED) is 0.580. The van der Waals surface area contributed by atoms with E-state index in [1.54, 1.807) is 25.4 Å². The van der Waals surface area contributed by atoms with E-state index < -0.39 is 5.97 Å². The molecule has 0 saturated heterocycles. The van der Waals surface area contributed by atoms with Gasteiger partial charge in [-0.15, -0.1) is 11.3 Å². The molecule has 0 aliphatic heterocycles. The van der Waals surface area contributed by atoms with E-state index in [1.165, 1.54) is 9.44 Å². The highest BCUT2D eigenvalue weighted by Crippen LogP contribution is 2.33. The van der Waals surface area contributed by atoms with E-state index in [9.17, 15) is 9.59 Å². The molecule has 0 saturated carbocycles. The number of ether oxygens (including phenoxy) is 2. The molecule has 0 amide bonds. The number of fused-ring (bicyclic) bond motifs is 3. The summed E-state index contributed by atoms with van der Waals surface area (Å²) in [5, 5.41) is 0.700. The molecule has 2 aromatic rings. The second-order valence-corrected chi connectivity index (χ2v) is 8.61. The zero-order valence-electron chi connectivity index (χ0n) is 17.8. The Morgan fingerprint density at radius 2 is 2.00 bits per heavy atom. The van der Waals surface area contributed by atoms with Crippen LogP contribution in [-0.2, 0) is 40.2 Å². The van der Waals surface area contributed by atoms with Gasteiger partial charge >= 0.3 is 5.97 Å². The van der Waals surface area contributed by atoms with Gasteiger partial charge in [0.05, 0.1) is 18.5 Å². The van der Waals surface area contributed by atoms with Crippen LogP contribution in [0.15, 0.2) is 4.79 Å². The van der Waals surface area contributed by atoms with Crippen molar-refractivity contribution < 1.29 is 14.3 Å². The maximum Gasteiger partial charge on any atom is 0.326 e. The van der Waals surface area contributed by atoms with E-state index in [-0.39, 0.29) is 18.2 Å². The molecular formula is C21H31N3O4S. The van der Waals surface area contributed by atoms with Crippen molar-refractivity contribution in [1.82, 2.24) is 14.5 Å². The standard InChI is InChI=1S/C21H31N3O4S/c1-5-23(6-2)11-17-22-20-19(15-9-7-8-10-16(15)29-20)21(26)24(17)12-18(25)28-14(3)13-27-4/h14H,5-13H2,1-4H3. The fourth-order valence-electron chi connectivity index (χ4n) is 3.87. The summed E-state index contributed by atoms with van der Waals surface area (Å²) in [6.07, 6.45) is 3.81. The van der Waals surface area contributed by atoms with Crippen molar-refractivity contribution in [3.63, 3.8) is 0 Å². The molecule has 3 rings (SSSR count). The van der Waals surface area contributed by atoms with Crippen LogP contribution in [0.4, 0.5) is 0 Å². The molecule has 29 heavy (non-hydrogen) atoms. The van der Waals surface area contributed by atoms with Gasteiger partial charge in [-0.05, 0) is 51.3 Å². The minimum Gasteiger partial charge on any atom is -0.459 e. The molecule has 1 aliphatic rings. The van der Waals surface area contributed by atoms with Gasteiger partial charge in [-0.1, -0.05) is 13.8 Å². The smallest absolute Gasteiger partial charge is 0.326 e. The SMILES string of the molecule is CCN(CC)Cc1nc2sc3c(c2c(=O)n1CC(=O)OC(C)COC)CCCC3. The largest absolute Gasteiger partial charge is 0.459 e. The monoisotopic (exact) mass is 421 g/mol. The third-order valence-corrected chi connectivity index (χ3v) is 6.62. The summed E-state index contributed by atoms with van der Waals surface area (Å²) >= 11 is 1.64. The molecule has 1 aliphatic carbocycles. The van der Waals surface area contributed by atoms with Crippen molar-refractivity contribution in [3.05, 3.63) is 26.6 Å². The van der Waals surface area contributed by atoms with Gasteiger partial charge in [0.1, 0.15) is 23.3 Å². The minimum absolute atomic E-state index is 0.118. The van der Waals surface area contributed by atoms with Crippen LogP contribution >= 0.6 is 11.3 Å². The number of carbonyl (C=O) groups is 1. The van der Waals surface area contributed by atoms with E-state index in [4.69, 9.17) is 14.5 Å². The molecule has 0 bridgehead atoms. The van der Waals surface area contributed by atoms with Crippen LogP contribution in [0, 0.1) is 0 Å². The summed E-state index contributed by atoms with van der Waals surface area (Å²) in [5.41, 5.74) is 1.02. The van der Waals surface area contributed by atoms with Crippen LogP contribution in [0.3, 0.4) is 0 Å². The first-order valence-electron chi connectivity index (χ1n) is 10.4. The van der Waals surface area contributed by atoms with Crippen molar-refractivity contribution in [2.24, 2.45) is 0 Å². The molecule has 0 aromatic carbocycles. The Morgan fingerprint density at radius 1 is 1.28 bits per heavy atom. The molecule has 8 heteroatoms. The Balaban J connectivity index is 2.02. The number of aromatic nitrogens is 2. The highest BCUT2D eigenvalue weighted by Gasteiger charge is 2.24. The van der Waals surface area contributed by atoms with Gasteiger partial charge in [0.2, 0.25) is 0 Å². The lowest BCUT2D eigenvalue weighted by molar-refractivity contribution is -0.151. The molecule has 0 radical (unpaired) electrons. The third-order valence-electron chi connectivity index (χ3n) is 5.43. The van der Waals surface area contributed by atoms with Crippen molar-refractivity contribution >= 4 is 27.5 Å². The van der Waals surface area contributed by atoms with Gasteiger partial charge < -0.3 is 9.47 Å². The topological polar surface area (TPSA) is 73.7 Å². The first-order valence-corrected chi connectivity index (χ1v) is 11.2. The van der Waals surface area contributed by atoms with Crippen molar-refractivity contribution in [2.75, 3.05) is 26.8 Å². The van der Waals surface area contributed by atoms with Crippen LogP contribution in [0.25, 0.3) is 10.2 Å². The van der Waals surface area contributed by atoms with Crippen molar-refractivity contribution in [2.45, 2.75) is 65.6 Å². The normalized spacial score (nSPS) is 14.9. The number of thiophene rings is 1. The maximum absolute atomic E-state index is 13.5. The van der Waals surface area contributed by atoms with E-state index in [1.807, 2.05) is 0 Å². The Hall–Kier alpha value is -1.77. The molecule has 1 unspecified atom stereocenters. The van der Waals surface area contributed by atoms with Crippen LogP contribution in [-0.4, -0.2) is 53.3 Å². The average Bonchev–Trinajstić information content (AvgIpc) is 3.07. The summed E-state index contributed by atoms with van der Waals surface area (Å²) in [7, 11) is 1.56. The maximum atomic E-state index is 13.5. The molecule has 7 nitrogen and oxygen atoms in total. The fourth-order valence-corrected chi connectivity index (χ4v) is 5.14. The van der Waals surface area contributed by atoms with Crippen LogP contribution in [0.1, 0.15) is 49.9 Å². The zero-order chi connectivity index (χ0) is 21.0. The van der Waals surface area contributed by atoms with Gasteiger partial charge in [0.15, 0.2) is 0 Å². The Morgan fingerprint density at radius 3 is 2.69 bits per heavy atom. The lowest BCUT2D eigenvalue weighted by Crippen LogP contribution is -2.34.